The van der Waals surface area contributed by atoms with E-state index in [9.17, 15) is 14.7 Å². The zero-order valence-corrected chi connectivity index (χ0v) is 18.4. The summed E-state index contributed by atoms with van der Waals surface area (Å²) in [5, 5.41) is 13.9. The second kappa shape index (κ2) is 7.94. The van der Waals surface area contributed by atoms with Crippen molar-refractivity contribution in [2.45, 2.75) is 38.3 Å². The number of hydrogen-bond acceptors (Lipinski definition) is 5. The third kappa shape index (κ3) is 4.03. The fourth-order valence-electron chi connectivity index (χ4n) is 3.97. The first-order valence-electron chi connectivity index (χ1n) is 10.9. The van der Waals surface area contributed by atoms with Crippen LogP contribution in [-0.4, -0.2) is 31.6 Å². The quantitative estimate of drug-likeness (QED) is 0.495. The molecule has 5 rings (SSSR count). The lowest BCUT2D eigenvalue weighted by Crippen LogP contribution is -2.31. The average molecular weight is 441 g/mol. The second-order valence-corrected chi connectivity index (χ2v) is 8.89. The molecule has 1 aliphatic carbocycles. The van der Waals surface area contributed by atoms with Crippen molar-refractivity contribution in [1.82, 2.24) is 19.9 Å². The van der Waals surface area contributed by atoms with Crippen LogP contribution in [0.3, 0.4) is 0 Å². The highest BCUT2D eigenvalue weighted by molar-refractivity contribution is 5.97. The first kappa shape index (κ1) is 21.0. The van der Waals surface area contributed by atoms with Crippen LogP contribution in [0.2, 0.25) is 0 Å². The van der Waals surface area contributed by atoms with Gasteiger partial charge in [0.15, 0.2) is 0 Å². The number of carbonyl (C=O) groups excluding carboxylic acids is 1. The molecule has 1 saturated carbocycles. The SMILES string of the molecule is CC(C)(O)c1cnccc1-c1cccc(-n2cc(C(=O)NC3CC3)c(=O)c3cccnc32)c1. The van der Waals surface area contributed by atoms with Gasteiger partial charge in [-0.2, -0.15) is 0 Å². The number of rotatable bonds is 5. The van der Waals surface area contributed by atoms with Gasteiger partial charge in [0.25, 0.3) is 5.91 Å². The highest BCUT2D eigenvalue weighted by Gasteiger charge is 2.26. The topological polar surface area (TPSA) is 97.1 Å². The zero-order chi connectivity index (χ0) is 23.2. The van der Waals surface area contributed by atoms with Gasteiger partial charge in [0.1, 0.15) is 11.2 Å². The molecule has 4 aromatic rings. The summed E-state index contributed by atoms with van der Waals surface area (Å²) in [6.45, 7) is 3.45. The molecule has 1 fully saturated rings. The number of aliphatic hydroxyl groups is 1. The standard InChI is InChI=1S/C26H24N4O3/c1-26(2,33)22-14-27-12-10-19(22)16-5-3-6-18(13-16)30-15-21(25(32)29-17-8-9-17)23(31)20-7-4-11-28-24(20)30/h3-7,10-15,17,33H,8-9H2,1-2H3,(H,29,32). The third-order valence-corrected chi connectivity index (χ3v) is 5.84. The Bertz CT molecular complexity index is 1430. The van der Waals surface area contributed by atoms with Crippen LogP contribution in [0.5, 0.6) is 0 Å². The van der Waals surface area contributed by atoms with Crippen molar-refractivity contribution in [1.29, 1.82) is 0 Å². The molecule has 0 bridgehead atoms. The van der Waals surface area contributed by atoms with Crippen LogP contribution in [0.15, 0.2) is 72.0 Å². The van der Waals surface area contributed by atoms with Crippen molar-refractivity contribution in [3.8, 4) is 16.8 Å². The minimum atomic E-state index is -1.07. The van der Waals surface area contributed by atoms with E-state index < -0.39 is 5.60 Å². The van der Waals surface area contributed by atoms with E-state index in [2.05, 4.69) is 15.3 Å². The molecule has 0 saturated heterocycles. The molecule has 1 aromatic carbocycles. The molecule has 0 atom stereocenters. The van der Waals surface area contributed by atoms with Gasteiger partial charge in [-0.1, -0.05) is 12.1 Å². The van der Waals surface area contributed by atoms with Crippen molar-refractivity contribution in [3.63, 3.8) is 0 Å². The molecule has 33 heavy (non-hydrogen) atoms. The Balaban J connectivity index is 1.69. The normalized spacial score (nSPS) is 13.8. The van der Waals surface area contributed by atoms with Crippen molar-refractivity contribution in [2.24, 2.45) is 0 Å². The van der Waals surface area contributed by atoms with E-state index >= 15 is 0 Å². The van der Waals surface area contributed by atoms with Crippen LogP contribution >= 0.6 is 0 Å². The van der Waals surface area contributed by atoms with Gasteiger partial charge in [0, 0.05) is 42.1 Å². The number of fused-ring (bicyclic) bond motifs is 1. The number of pyridine rings is 3. The van der Waals surface area contributed by atoms with E-state index in [1.54, 1.807) is 55.3 Å². The summed E-state index contributed by atoms with van der Waals surface area (Å²) in [6, 6.07) is 13.1. The molecular weight excluding hydrogens is 416 g/mol. The Hall–Kier alpha value is -3.84. The summed E-state index contributed by atoms with van der Waals surface area (Å²) in [5.41, 5.74) is 2.34. The predicted molar refractivity (Wildman–Crippen MR) is 126 cm³/mol. The van der Waals surface area contributed by atoms with Gasteiger partial charge in [-0.25, -0.2) is 4.98 Å². The van der Waals surface area contributed by atoms with Gasteiger partial charge < -0.3 is 15.0 Å². The Morgan fingerprint density at radius 3 is 2.73 bits per heavy atom. The summed E-state index contributed by atoms with van der Waals surface area (Å²) < 4.78 is 1.77. The van der Waals surface area contributed by atoms with Crippen LogP contribution in [0, 0.1) is 0 Å². The van der Waals surface area contributed by atoms with Gasteiger partial charge in [0.2, 0.25) is 5.43 Å². The smallest absolute Gasteiger partial charge is 0.257 e. The Kier molecular flexibility index (Phi) is 5.06. The molecule has 0 aliphatic heterocycles. The maximum absolute atomic E-state index is 13.0. The molecule has 3 heterocycles. The van der Waals surface area contributed by atoms with E-state index in [-0.39, 0.29) is 22.9 Å². The number of benzene rings is 1. The first-order valence-corrected chi connectivity index (χ1v) is 10.9. The van der Waals surface area contributed by atoms with Gasteiger partial charge in [-0.15, -0.1) is 0 Å². The van der Waals surface area contributed by atoms with Gasteiger partial charge in [-0.05, 0) is 68.1 Å². The Morgan fingerprint density at radius 2 is 1.97 bits per heavy atom. The summed E-state index contributed by atoms with van der Waals surface area (Å²) in [6.07, 6.45) is 8.42. The van der Waals surface area contributed by atoms with E-state index in [0.29, 0.717) is 16.6 Å². The highest BCUT2D eigenvalue weighted by atomic mass is 16.3. The molecule has 1 amide bonds. The molecule has 0 spiro atoms. The van der Waals surface area contributed by atoms with Crippen LogP contribution in [0.25, 0.3) is 27.8 Å². The van der Waals surface area contributed by atoms with Gasteiger partial charge in [0.05, 0.1) is 11.0 Å². The minimum absolute atomic E-state index is 0.0916. The average Bonchev–Trinajstić information content (AvgIpc) is 3.63. The lowest BCUT2D eigenvalue weighted by Gasteiger charge is -2.21. The molecule has 0 radical (unpaired) electrons. The van der Waals surface area contributed by atoms with Crippen LogP contribution < -0.4 is 10.7 Å². The molecule has 0 unspecified atom stereocenters. The van der Waals surface area contributed by atoms with Crippen molar-refractivity contribution >= 4 is 16.9 Å². The van der Waals surface area contributed by atoms with Gasteiger partial charge >= 0.3 is 0 Å². The number of aromatic nitrogens is 3. The van der Waals surface area contributed by atoms with Crippen LogP contribution in [0.1, 0.15) is 42.6 Å². The van der Waals surface area contributed by atoms with E-state index in [0.717, 1.165) is 29.7 Å². The lowest BCUT2D eigenvalue weighted by molar-refractivity contribution is 0.0788. The summed E-state index contributed by atoms with van der Waals surface area (Å²) in [4.78, 5) is 34.5. The highest BCUT2D eigenvalue weighted by Crippen LogP contribution is 2.32. The maximum atomic E-state index is 13.0. The fraction of sp³-hybridized carbons (Fsp3) is 0.231. The number of hydrogen-bond donors (Lipinski definition) is 2. The Labute approximate surface area is 190 Å². The van der Waals surface area contributed by atoms with Gasteiger partial charge in [-0.3, -0.25) is 14.6 Å². The minimum Gasteiger partial charge on any atom is -0.386 e. The number of nitrogens with one attached hydrogen (secondary N) is 1. The summed E-state index contributed by atoms with van der Waals surface area (Å²) in [5.74, 6) is -0.364. The van der Waals surface area contributed by atoms with Crippen molar-refractivity contribution < 1.29 is 9.90 Å². The lowest BCUT2D eigenvalue weighted by atomic mass is 9.91. The summed E-state index contributed by atoms with van der Waals surface area (Å²) in [7, 11) is 0. The summed E-state index contributed by atoms with van der Waals surface area (Å²) >= 11 is 0. The number of carbonyl (C=O) groups is 1. The molecule has 3 aromatic heterocycles. The van der Waals surface area contributed by atoms with E-state index in [4.69, 9.17) is 0 Å². The fourth-order valence-corrected chi connectivity index (χ4v) is 3.97. The first-order chi connectivity index (χ1) is 15.8. The van der Waals surface area contributed by atoms with Crippen LogP contribution in [-0.2, 0) is 5.60 Å². The largest absolute Gasteiger partial charge is 0.386 e. The van der Waals surface area contributed by atoms with Crippen LogP contribution in [0.4, 0.5) is 0 Å². The maximum Gasteiger partial charge on any atom is 0.257 e. The monoisotopic (exact) mass is 440 g/mol. The predicted octanol–water partition coefficient (Wildman–Crippen LogP) is 3.57. The second-order valence-electron chi connectivity index (χ2n) is 8.89. The van der Waals surface area contributed by atoms with E-state index in [1.807, 2.05) is 30.3 Å². The Morgan fingerprint density at radius 1 is 1.15 bits per heavy atom. The molecule has 7 nitrogen and oxygen atoms in total. The third-order valence-electron chi connectivity index (χ3n) is 5.84. The molecular formula is C26H24N4O3. The molecule has 166 valence electrons. The number of amides is 1. The van der Waals surface area contributed by atoms with E-state index in [1.165, 1.54) is 0 Å². The molecule has 1 aliphatic rings. The zero-order valence-electron chi connectivity index (χ0n) is 18.4. The molecule has 7 heteroatoms. The van der Waals surface area contributed by atoms with Crippen molar-refractivity contribution in [2.75, 3.05) is 0 Å². The molecule has 2 N–H and O–H groups in total. The van der Waals surface area contributed by atoms with Crippen molar-refractivity contribution in [3.05, 3.63) is 88.6 Å². The number of nitrogens with zero attached hydrogens (tertiary/aromatic N) is 3.